The second-order valence-corrected chi connectivity index (χ2v) is 4.55. The molecule has 0 saturated heterocycles. The summed E-state index contributed by atoms with van der Waals surface area (Å²) >= 11 is 5.88. The zero-order valence-electron chi connectivity index (χ0n) is 7.17. The van der Waals surface area contributed by atoms with Crippen molar-refractivity contribution >= 4 is 34.1 Å². The highest BCUT2D eigenvalue weighted by Crippen LogP contribution is 2.31. The molecule has 0 aliphatic carbocycles. The summed E-state index contributed by atoms with van der Waals surface area (Å²) in [5.41, 5.74) is 0. The molecule has 0 radical (unpaired) electrons. The monoisotopic (exact) mass is 212 g/mol. The van der Waals surface area contributed by atoms with E-state index in [1.807, 2.05) is 0 Å². The van der Waals surface area contributed by atoms with Gasteiger partial charge in [-0.1, -0.05) is 6.92 Å². The maximum atomic E-state index is 13.0. The van der Waals surface area contributed by atoms with Crippen LogP contribution in [0.3, 0.4) is 0 Å². The Labute approximate surface area is 85.8 Å². The molecule has 1 heterocycles. The molecule has 13 heavy (non-hydrogen) atoms. The first-order chi connectivity index (χ1) is 6.20. The van der Waals surface area contributed by atoms with Crippen LogP contribution >= 0.6 is 24.0 Å². The summed E-state index contributed by atoms with van der Waals surface area (Å²) in [5.74, 6) is -0.206. The molecule has 0 N–H and O–H groups in total. The van der Waals surface area contributed by atoms with Crippen molar-refractivity contribution in [2.75, 3.05) is 0 Å². The normalized spacial score (nSPS) is 11.0. The third-order valence-corrected chi connectivity index (χ3v) is 3.58. The smallest absolute Gasteiger partial charge is 0.125 e. The largest absolute Gasteiger partial charge is 0.207 e. The quantitative estimate of drug-likeness (QED) is 0.681. The predicted octanol–water partition coefficient (Wildman–Crippen LogP) is 3.89. The van der Waals surface area contributed by atoms with Gasteiger partial charge in [-0.3, -0.25) is 0 Å². The van der Waals surface area contributed by atoms with Crippen molar-refractivity contribution in [3.8, 4) is 0 Å². The van der Waals surface area contributed by atoms with Crippen LogP contribution in [0.15, 0.2) is 23.1 Å². The van der Waals surface area contributed by atoms with Crippen LogP contribution in [0.5, 0.6) is 0 Å². The van der Waals surface area contributed by atoms with Gasteiger partial charge in [0.25, 0.3) is 0 Å². The van der Waals surface area contributed by atoms with E-state index in [9.17, 15) is 4.39 Å². The van der Waals surface area contributed by atoms with Gasteiger partial charge in [0.05, 0.1) is 0 Å². The third-order valence-electron chi connectivity index (χ3n) is 1.98. The van der Waals surface area contributed by atoms with Gasteiger partial charge in [-0.25, -0.2) is 4.39 Å². The summed E-state index contributed by atoms with van der Waals surface area (Å²) in [5, 5.41) is 1.06. The molecule has 0 fully saturated rings. The molecule has 68 valence electrons. The van der Waals surface area contributed by atoms with Gasteiger partial charge >= 0.3 is 0 Å². The number of halogens is 1. The Morgan fingerprint density at radius 3 is 2.85 bits per heavy atom. The van der Waals surface area contributed by atoms with Crippen molar-refractivity contribution in [2.24, 2.45) is 0 Å². The maximum absolute atomic E-state index is 13.0. The van der Waals surface area contributed by atoms with Crippen molar-refractivity contribution in [3.63, 3.8) is 0 Å². The van der Waals surface area contributed by atoms with Gasteiger partial charge in [0.2, 0.25) is 0 Å². The first kappa shape index (κ1) is 9.03. The van der Waals surface area contributed by atoms with Crippen molar-refractivity contribution in [1.82, 2.24) is 0 Å². The number of benzene rings is 1. The Hall–Kier alpha value is -0.540. The summed E-state index contributed by atoms with van der Waals surface area (Å²) in [6.07, 6.45) is 0.994. The fraction of sp³-hybridized carbons (Fsp3) is 0.200. The van der Waals surface area contributed by atoms with Crippen molar-refractivity contribution in [3.05, 3.63) is 28.9 Å². The molecular weight excluding hydrogens is 203 g/mol. The summed E-state index contributed by atoms with van der Waals surface area (Å²) in [7, 11) is 0. The highest BCUT2D eigenvalue weighted by Gasteiger charge is 2.05. The lowest BCUT2D eigenvalue weighted by molar-refractivity contribution is 0.627. The van der Waals surface area contributed by atoms with Crippen molar-refractivity contribution < 1.29 is 4.39 Å². The van der Waals surface area contributed by atoms with Crippen LogP contribution in [-0.2, 0) is 6.42 Å². The van der Waals surface area contributed by atoms with Crippen LogP contribution in [0.4, 0.5) is 4.39 Å². The Bertz CT molecular complexity index is 445. The van der Waals surface area contributed by atoms with Crippen LogP contribution in [0, 0.1) is 5.82 Å². The molecule has 0 spiro atoms. The number of fused-ring (bicyclic) bond motifs is 1. The molecule has 0 nitrogen and oxygen atoms in total. The van der Waals surface area contributed by atoms with Gasteiger partial charge < -0.3 is 0 Å². The van der Waals surface area contributed by atoms with E-state index < -0.39 is 0 Å². The zero-order chi connectivity index (χ0) is 9.42. The topological polar surface area (TPSA) is 0 Å². The molecule has 0 bridgehead atoms. The molecular formula is C10H9FS2. The molecule has 0 aliphatic rings. The molecule has 1 aromatic carbocycles. The molecule has 0 saturated carbocycles. The minimum atomic E-state index is -0.206. The summed E-state index contributed by atoms with van der Waals surface area (Å²) in [6, 6.07) is 5.11. The van der Waals surface area contributed by atoms with Crippen LogP contribution in [0.2, 0.25) is 0 Å². The van der Waals surface area contributed by atoms with Gasteiger partial charge in [-0.2, -0.15) is 0 Å². The minimum absolute atomic E-state index is 0.206. The van der Waals surface area contributed by atoms with E-state index in [0.29, 0.717) is 0 Å². The van der Waals surface area contributed by atoms with Crippen LogP contribution in [0.1, 0.15) is 11.8 Å². The number of rotatable bonds is 1. The lowest BCUT2D eigenvalue weighted by Crippen LogP contribution is -1.73. The van der Waals surface area contributed by atoms with Crippen LogP contribution in [-0.4, -0.2) is 0 Å². The highest BCUT2D eigenvalue weighted by molar-refractivity contribution is 7.80. The number of aryl methyl sites for hydroxylation is 1. The fourth-order valence-electron chi connectivity index (χ4n) is 1.31. The lowest BCUT2D eigenvalue weighted by Gasteiger charge is -1.93. The molecule has 3 heteroatoms. The van der Waals surface area contributed by atoms with Gasteiger partial charge in [0, 0.05) is 19.9 Å². The van der Waals surface area contributed by atoms with Gasteiger partial charge in [0.15, 0.2) is 0 Å². The number of hydrogen-bond acceptors (Lipinski definition) is 2. The fourth-order valence-corrected chi connectivity index (χ4v) is 2.75. The molecule has 2 aromatic rings. The average Bonchev–Trinajstić information content (AvgIpc) is 2.47. The summed E-state index contributed by atoms with van der Waals surface area (Å²) in [6.45, 7) is 2.10. The standard InChI is InChI=1S/C10H9FS2/c1-2-7-5-8-9(12)3-6(11)4-10(8)13-7/h3-5,12H,2H2,1H3. The molecule has 1 aromatic heterocycles. The molecule has 0 amide bonds. The van der Waals surface area contributed by atoms with E-state index in [-0.39, 0.29) is 5.82 Å². The second-order valence-electron chi connectivity index (χ2n) is 2.90. The van der Waals surface area contributed by atoms with Gasteiger partial charge in [-0.15, -0.1) is 24.0 Å². The van der Waals surface area contributed by atoms with Crippen LogP contribution in [0.25, 0.3) is 10.1 Å². The number of thiol groups is 1. The first-order valence-corrected chi connectivity index (χ1v) is 5.38. The Morgan fingerprint density at radius 2 is 2.15 bits per heavy atom. The Morgan fingerprint density at radius 1 is 1.38 bits per heavy atom. The molecule has 0 aliphatic heterocycles. The Balaban J connectivity index is 2.75. The molecule has 2 rings (SSSR count). The third kappa shape index (κ3) is 1.58. The number of thiophene rings is 1. The van der Waals surface area contributed by atoms with E-state index in [0.717, 1.165) is 21.4 Å². The van der Waals surface area contributed by atoms with Crippen molar-refractivity contribution in [1.29, 1.82) is 0 Å². The summed E-state index contributed by atoms with van der Waals surface area (Å²) < 4.78 is 14.0. The SMILES string of the molecule is CCc1cc2c(S)cc(F)cc2s1. The van der Waals surface area contributed by atoms with Gasteiger partial charge in [0.1, 0.15) is 5.82 Å². The van der Waals surface area contributed by atoms with E-state index in [1.54, 1.807) is 17.4 Å². The second kappa shape index (κ2) is 3.31. The van der Waals surface area contributed by atoms with E-state index in [2.05, 4.69) is 25.6 Å². The van der Waals surface area contributed by atoms with E-state index in [4.69, 9.17) is 0 Å². The zero-order valence-corrected chi connectivity index (χ0v) is 8.88. The highest BCUT2D eigenvalue weighted by atomic mass is 32.1. The van der Waals surface area contributed by atoms with E-state index >= 15 is 0 Å². The Kier molecular flexibility index (Phi) is 2.30. The predicted molar refractivity (Wildman–Crippen MR) is 58.4 cm³/mol. The molecule has 0 atom stereocenters. The maximum Gasteiger partial charge on any atom is 0.125 e. The van der Waals surface area contributed by atoms with Crippen molar-refractivity contribution in [2.45, 2.75) is 18.2 Å². The summed E-state index contributed by atoms with van der Waals surface area (Å²) in [4.78, 5) is 2.00. The first-order valence-electron chi connectivity index (χ1n) is 4.11. The van der Waals surface area contributed by atoms with Gasteiger partial charge in [-0.05, 0) is 24.6 Å². The molecule has 0 unspecified atom stereocenters. The van der Waals surface area contributed by atoms with Crippen LogP contribution < -0.4 is 0 Å². The minimum Gasteiger partial charge on any atom is -0.207 e. The lowest BCUT2D eigenvalue weighted by atomic mass is 10.2. The van der Waals surface area contributed by atoms with E-state index in [1.165, 1.54) is 10.9 Å². The number of hydrogen-bond donors (Lipinski definition) is 1. The average molecular weight is 212 g/mol.